The summed E-state index contributed by atoms with van der Waals surface area (Å²) in [5.74, 6) is -0.484. The molecule has 1 N–H and O–H groups in total. The van der Waals surface area contributed by atoms with Gasteiger partial charge in [-0.3, -0.25) is 4.79 Å². The highest BCUT2D eigenvalue weighted by atomic mass is 79.9. The Bertz CT molecular complexity index is 417. The smallest absolute Gasteiger partial charge is 0.306 e. The summed E-state index contributed by atoms with van der Waals surface area (Å²) in [7, 11) is 0. The van der Waals surface area contributed by atoms with E-state index in [4.69, 9.17) is 0 Å². The molecule has 0 aromatic heterocycles. The highest BCUT2D eigenvalue weighted by Crippen LogP contribution is 2.32. The van der Waals surface area contributed by atoms with Crippen molar-refractivity contribution in [2.75, 3.05) is 0 Å². The molecular weight excluding hydrogens is 292 g/mol. The fourth-order valence-corrected chi connectivity index (χ4v) is 3.37. The first kappa shape index (κ1) is 13.6. The van der Waals surface area contributed by atoms with Crippen molar-refractivity contribution in [1.29, 1.82) is 0 Å². The number of rotatable bonds is 3. The number of benzene rings is 1. The average Bonchev–Trinajstić information content (AvgIpc) is 2.54. The quantitative estimate of drug-likeness (QED) is 0.846. The molecule has 0 heterocycles. The van der Waals surface area contributed by atoms with Crippen LogP contribution in [0.1, 0.15) is 37.7 Å². The topological polar surface area (TPSA) is 37.3 Å². The number of aliphatic carboxylic acids is 1. The van der Waals surface area contributed by atoms with Crippen LogP contribution in [0.2, 0.25) is 0 Å². The van der Waals surface area contributed by atoms with Crippen molar-refractivity contribution in [3.63, 3.8) is 0 Å². The summed E-state index contributed by atoms with van der Waals surface area (Å²) in [4.78, 5) is 11.4. The number of carbonyl (C=O) groups is 1. The number of hydrogen-bond donors (Lipinski definition) is 1. The predicted octanol–water partition coefficient (Wildman–Crippen LogP) is 4.27. The van der Waals surface area contributed by atoms with Crippen molar-refractivity contribution in [2.24, 2.45) is 11.8 Å². The van der Waals surface area contributed by atoms with Gasteiger partial charge >= 0.3 is 5.97 Å². The van der Waals surface area contributed by atoms with Crippen LogP contribution in [0.4, 0.5) is 0 Å². The fraction of sp³-hybridized carbons (Fsp3) is 0.533. The SMILES string of the molecule is O=C(O)C1CCCCCC1Cc1cccc(Br)c1. The Morgan fingerprint density at radius 2 is 2.06 bits per heavy atom. The molecule has 1 aliphatic rings. The minimum absolute atomic E-state index is 0.161. The van der Waals surface area contributed by atoms with E-state index in [1.54, 1.807) is 0 Å². The Morgan fingerprint density at radius 3 is 2.78 bits per heavy atom. The number of carboxylic acid groups (broad SMARTS) is 1. The van der Waals surface area contributed by atoms with E-state index in [2.05, 4.69) is 28.1 Å². The Morgan fingerprint density at radius 1 is 1.28 bits per heavy atom. The molecule has 18 heavy (non-hydrogen) atoms. The monoisotopic (exact) mass is 310 g/mol. The highest BCUT2D eigenvalue weighted by molar-refractivity contribution is 9.10. The lowest BCUT2D eigenvalue weighted by molar-refractivity contribution is -0.143. The molecule has 0 bridgehead atoms. The zero-order chi connectivity index (χ0) is 13.0. The molecule has 1 aromatic carbocycles. The van der Waals surface area contributed by atoms with E-state index in [-0.39, 0.29) is 5.92 Å². The van der Waals surface area contributed by atoms with Crippen LogP contribution in [0.5, 0.6) is 0 Å². The fourth-order valence-electron chi connectivity index (χ4n) is 2.92. The van der Waals surface area contributed by atoms with Crippen molar-refractivity contribution in [1.82, 2.24) is 0 Å². The molecule has 2 atom stereocenters. The molecule has 1 fully saturated rings. The molecular formula is C15H19BrO2. The maximum absolute atomic E-state index is 11.4. The van der Waals surface area contributed by atoms with E-state index in [9.17, 15) is 9.90 Å². The van der Waals surface area contributed by atoms with Crippen LogP contribution in [0.3, 0.4) is 0 Å². The molecule has 0 spiro atoms. The van der Waals surface area contributed by atoms with Crippen molar-refractivity contribution < 1.29 is 9.90 Å². The summed E-state index contributed by atoms with van der Waals surface area (Å²) in [5, 5.41) is 9.36. The van der Waals surface area contributed by atoms with Crippen molar-refractivity contribution in [2.45, 2.75) is 38.5 Å². The molecule has 2 unspecified atom stereocenters. The van der Waals surface area contributed by atoms with Crippen LogP contribution < -0.4 is 0 Å². The van der Waals surface area contributed by atoms with Gasteiger partial charge in [-0.1, -0.05) is 47.3 Å². The Balaban J connectivity index is 2.11. The highest BCUT2D eigenvalue weighted by Gasteiger charge is 2.29. The van der Waals surface area contributed by atoms with Crippen LogP contribution in [0, 0.1) is 11.8 Å². The molecule has 0 aliphatic heterocycles. The maximum Gasteiger partial charge on any atom is 0.306 e. The van der Waals surface area contributed by atoms with Crippen LogP contribution in [-0.4, -0.2) is 11.1 Å². The summed E-state index contributed by atoms with van der Waals surface area (Å²) >= 11 is 3.47. The second-order valence-electron chi connectivity index (χ2n) is 5.18. The molecule has 1 saturated carbocycles. The van der Waals surface area contributed by atoms with Gasteiger partial charge in [0.15, 0.2) is 0 Å². The van der Waals surface area contributed by atoms with Crippen molar-refractivity contribution >= 4 is 21.9 Å². The van der Waals surface area contributed by atoms with Crippen LogP contribution >= 0.6 is 15.9 Å². The first-order chi connectivity index (χ1) is 8.66. The Hall–Kier alpha value is -0.830. The molecule has 0 amide bonds. The number of hydrogen-bond acceptors (Lipinski definition) is 1. The maximum atomic E-state index is 11.4. The van der Waals surface area contributed by atoms with E-state index in [1.165, 1.54) is 18.4 Å². The first-order valence-corrected chi connectivity index (χ1v) is 7.43. The molecule has 1 aliphatic carbocycles. The molecule has 3 heteroatoms. The number of halogens is 1. The third-order valence-corrected chi connectivity index (χ3v) is 4.36. The van der Waals surface area contributed by atoms with E-state index >= 15 is 0 Å². The lowest BCUT2D eigenvalue weighted by Crippen LogP contribution is -2.24. The lowest BCUT2D eigenvalue weighted by atomic mass is 9.83. The van der Waals surface area contributed by atoms with Gasteiger partial charge in [-0.25, -0.2) is 0 Å². The van der Waals surface area contributed by atoms with Crippen molar-refractivity contribution in [3.05, 3.63) is 34.3 Å². The van der Waals surface area contributed by atoms with Crippen LogP contribution in [0.15, 0.2) is 28.7 Å². The summed E-state index contributed by atoms with van der Waals surface area (Å²) in [6.07, 6.45) is 6.18. The standard InChI is InChI=1S/C15H19BrO2/c16-13-7-4-5-11(10-13)9-12-6-2-1-3-8-14(12)15(17)18/h4-5,7,10,12,14H,1-3,6,8-9H2,(H,17,18). The minimum Gasteiger partial charge on any atom is -0.481 e. The normalized spacial score (nSPS) is 24.5. The van der Waals surface area contributed by atoms with Gasteiger partial charge in [-0.2, -0.15) is 0 Å². The third kappa shape index (κ3) is 3.58. The predicted molar refractivity (Wildman–Crippen MR) is 75.5 cm³/mol. The van der Waals surface area contributed by atoms with Gasteiger partial charge in [-0.15, -0.1) is 0 Å². The number of carboxylic acids is 1. The van der Waals surface area contributed by atoms with E-state index in [0.29, 0.717) is 5.92 Å². The van der Waals surface area contributed by atoms with Crippen molar-refractivity contribution in [3.8, 4) is 0 Å². The summed E-state index contributed by atoms with van der Waals surface area (Å²) in [5.41, 5.74) is 1.24. The third-order valence-electron chi connectivity index (χ3n) is 3.86. The van der Waals surface area contributed by atoms with Gasteiger partial charge in [0.05, 0.1) is 5.92 Å². The summed E-state index contributed by atoms with van der Waals surface area (Å²) in [6, 6.07) is 8.22. The van der Waals surface area contributed by atoms with E-state index in [1.807, 2.05) is 12.1 Å². The van der Waals surface area contributed by atoms with Crippen LogP contribution in [0.25, 0.3) is 0 Å². The molecule has 98 valence electrons. The van der Waals surface area contributed by atoms with Gasteiger partial charge in [0.1, 0.15) is 0 Å². The molecule has 2 rings (SSSR count). The lowest BCUT2D eigenvalue weighted by Gasteiger charge is -2.21. The average molecular weight is 311 g/mol. The summed E-state index contributed by atoms with van der Waals surface area (Å²) < 4.78 is 1.07. The van der Waals surface area contributed by atoms with Gasteiger partial charge in [0.25, 0.3) is 0 Å². The molecule has 1 aromatic rings. The minimum atomic E-state index is -0.614. The molecule has 0 radical (unpaired) electrons. The largest absolute Gasteiger partial charge is 0.481 e. The molecule has 2 nitrogen and oxygen atoms in total. The van der Waals surface area contributed by atoms with E-state index in [0.717, 1.165) is 30.2 Å². The molecule has 0 saturated heterocycles. The Kier molecular flexibility index (Phi) is 4.81. The zero-order valence-corrected chi connectivity index (χ0v) is 12.0. The zero-order valence-electron chi connectivity index (χ0n) is 10.4. The van der Waals surface area contributed by atoms with Crippen LogP contribution in [-0.2, 0) is 11.2 Å². The van der Waals surface area contributed by atoms with E-state index < -0.39 is 5.97 Å². The Labute approximate surface area is 117 Å². The second-order valence-corrected chi connectivity index (χ2v) is 6.09. The first-order valence-electron chi connectivity index (χ1n) is 6.64. The van der Waals surface area contributed by atoms with Gasteiger partial charge in [-0.05, 0) is 42.9 Å². The van der Waals surface area contributed by atoms with Gasteiger partial charge in [0, 0.05) is 4.47 Å². The van der Waals surface area contributed by atoms with Gasteiger partial charge < -0.3 is 5.11 Å². The second kappa shape index (κ2) is 6.37. The summed E-state index contributed by atoms with van der Waals surface area (Å²) in [6.45, 7) is 0. The van der Waals surface area contributed by atoms with Gasteiger partial charge in [0.2, 0.25) is 0 Å².